The molecule has 0 aliphatic carbocycles. The van der Waals surface area contributed by atoms with E-state index in [9.17, 15) is 4.79 Å². The minimum Gasteiger partial charge on any atom is -0.312 e. The highest BCUT2D eigenvalue weighted by molar-refractivity contribution is 4.85. The van der Waals surface area contributed by atoms with Gasteiger partial charge in [0.25, 0.3) is 5.56 Å². The molecule has 0 fully saturated rings. The van der Waals surface area contributed by atoms with Crippen molar-refractivity contribution in [1.29, 1.82) is 0 Å². The van der Waals surface area contributed by atoms with Crippen LogP contribution in [0.2, 0.25) is 0 Å². The Hall–Kier alpha value is -1.16. The highest BCUT2D eigenvalue weighted by Gasteiger charge is 2.02. The van der Waals surface area contributed by atoms with Gasteiger partial charge in [0, 0.05) is 18.3 Å². The van der Waals surface area contributed by atoms with Crippen molar-refractivity contribution in [2.75, 3.05) is 6.54 Å². The number of hydrogen-bond acceptors (Lipinski definition) is 3. The van der Waals surface area contributed by atoms with Gasteiger partial charge in [0.05, 0.1) is 6.54 Å². The van der Waals surface area contributed by atoms with Crippen molar-refractivity contribution in [2.45, 2.75) is 32.9 Å². The molecule has 0 bridgehead atoms. The normalized spacial score (nSPS) is 12.7. The maximum atomic E-state index is 11.3. The van der Waals surface area contributed by atoms with Gasteiger partial charge in [-0.1, -0.05) is 6.92 Å². The topological polar surface area (TPSA) is 46.9 Å². The molecule has 1 unspecified atom stereocenters. The highest BCUT2D eigenvalue weighted by atomic mass is 16.1. The van der Waals surface area contributed by atoms with Gasteiger partial charge in [0.2, 0.25) is 0 Å². The van der Waals surface area contributed by atoms with Gasteiger partial charge in [-0.2, -0.15) is 5.10 Å². The fourth-order valence-electron chi connectivity index (χ4n) is 1.24. The molecule has 0 radical (unpaired) electrons. The largest absolute Gasteiger partial charge is 0.312 e. The summed E-state index contributed by atoms with van der Waals surface area (Å²) >= 11 is 0. The molecule has 0 saturated carbocycles. The standard InChI is InChI=1S/C10H17N3O/c1-3-6-11-9(2)8-13-10(14)5-4-7-12-13/h4-5,7,9,11H,3,6,8H2,1-2H3. The van der Waals surface area contributed by atoms with Gasteiger partial charge in [-0.15, -0.1) is 0 Å². The molecule has 1 aromatic heterocycles. The summed E-state index contributed by atoms with van der Waals surface area (Å²) in [6.45, 7) is 5.77. The van der Waals surface area contributed by atoms with Gasteiger partial charge in [-0.25, -0.2) is 4.68 Å². The zero-order chi connectivity index (χ0) is 10.4. The van der Waals surface area contributed by atoms with Crippen molar-refractivity contribution < 1.29 is 0 Å². The number of nitrogens with zero attached hydrogens (tertiary/aromatic N) is 2. The Bertz CT molecular complexity index is 321. The molecular formula is C10H17N3O. The molecule has 0 amide bonds. The van der Waals surface area contributed by atoms with Gasteiger partial charge in [-0.3, -0.25) is 4.79 Å². The molecule has 1 atom stereocenters. The quantitative estimate of drug-likeness (QED) is 0.749. The van der Waals surface area contributed by atoms with Gasteiger partial charge < -0.3 is 5.32 Å². The molecule has 14 heavy (non-hydrogen) atoms. The maximum absolute atomic E-state index is 11.3. The third kappa shape index (κ3) is 3.30. The van der Waals surface area contributed by atoms with E-state index in [0.29, 0.717) is 6.54 Å². The monoisotopic (exact) mass is 195 g/mol. The lowest BCUT2D eigenvalue weighted by atomic mass is 10.3. The van der Waals surface area contributed by atoms with Crippen molar-refractivity contribution >= 4 is 0 Å². The Morgan fingerprint density at radius 2 is 2.43 bits per heavy atom. The molecule has 1 aromatic rings. The van der Waals surface area contributed by atoms with E-state index in [1.807, 2.05) is 0 Å². The lowest BCUT2D eigenvalue weighted by molar-refractivity contribution is 0.439. The summed E-state index contributed by atoms with van der Waals surface area (Å²) in [6.07, 6.45) is 2.73. The Morgan fingerprint density at radius 1 is 1.64 bits per heavy atom. The second-order valence-electron chi connectivity index (χ2n) is 3.40. The molecule has 1 rings (SSSR count). The Morgan fingerprint density at radius 3 is 3.07 bits per heavy atom. The smallest absolute Gasteiger partial charge is 0.266 e. The third-order valence-corrected chi connectivity index (χ3v) is 1.97. The average molecular weight is 195 g/mol. The number of hydrogen-bond donors (Lipinski definition) is 1. The Labute approximate surface area is 84.0 Å². The Kier molecular flexibility index (Phi) is 4.32. The van der Waals surface area contributed by atoms with Crippen LogP contribution in [0.15, 0.2) is 23.1 Å². The molecule has 0 aliphatic rings. The molecule has 4 nitrogen and oxygen atoms in total. The molecule has 0 aromatic carbocycles. The van der Waals surface area contributed by atoms with Crippen LogP contribution in [0, 0.1) is 0 Å². The lowest BCUT2D eigenvalue weighted by Crippen LogP contribution is -2.35. The molecular weight excluding hydrogens is 178 g/mol. The minimum atomic E-state index is -0.0438. The summed E-state index contributed by atoms with van der Waals surface area (Å²) < 4.78 is 1.48. The number of rotatable bonds is 5. The van der Waals surface area contributed by atoms with E-state index in [0.717, 1.165) is 13.0 Å². The van der Waals surface area contributed by atoms with E-state index in [4.69, 9.17) is 0 Å². The van der Waals surface area contributed by atoms with Crippen LogP contribution in [0.5, 0.6) is 0 Å². The SMILES string of the molecule is CCCNC(C)Cn1ncccc1=O. The van der Waals surface area contributed by atoms with Gasteiger partial charge in [0.1, 0.15) is 0 Å². The van der Waals surface area contributed by atoms with Crippen LogP contribution < -0.4 is 10.9 Å². The fourth-order valence-corrected chi connectivity index (χ4v) is 1.24. The zero-order valence-corrected chi connectivity index (χ0v) is 8.73. The molecule has 0 saturated heterocycles. The average Bonchev–Trinajstić information content (AvgIpc) is 2.18. The molecule has 1 N–H and O–H groups in total. The van der Waals surface area contributed by atoms with Gasteiger partial charge in [0.15, 0.2) is 0 Å². The van der Waals surface area contributed by atoms with E-state index in [1.54, 1.807) is 12.3 Å². The van der Waals surface area contributed by atoms with Crippen molar-refractivity contribution in [3.05, 3.63) is 28.7 Å². The van der Waals surface area contributed by atoms with E-state index < -0.39 is 0 Å². The summed E-state index contributed by atoms with van der Waals surface area (Å²) in [5.74, 6) is 0. The van der Waals surface area contributed by atoms with E-state index >= 15 is 0 Å². The second-order valence-corrected chi connectivity index (χ2v) is 3.40. The molecule has 4 heteroatoms. The predicted molar refractivity (Wildman–Crippen MR) is 56.3 cm³/mol. The van der Waals surface area contributed by atoms with E-state index in [-0.39, 0.29) is 11.6 Å². The first-order valence-electron chi connectivity index (χ1n) is 4.99. The first-order chi connectivity index (χ1) is 6.74. The third-order valence-electron chi connectivity index (χ3n) is 1.97. The summed E-state index contributed by atoms with van der Waals surface area (Å²) in [7, 11) is 0. The molecule has 0 aliphatic heterocycles. The van der Waals surface area contributed by atoms with Crippen molar-refractivity contribution in [3.63, 3.8) is 0 Å². The van der Waals surface area contributed by atoms with Crippen LogP contribution in [0.4, 0.5) is 0 Å². The van der Waals surface area contributed by atoms with E-state index in [2.05, 4.69) is 24.3 Å². The van der Waals surface area contributed by atoms with Crippen LogP contribution in [0.1, 0.15) is 20.3 Å². The lowest BCUT2D eigenvalue weighted by Gasteiger charge is -2.13. The molecule has 1 heterocycles. The van der Waals surface area contributed by atoms with Crippen molar-refractivity contribution in [1.82, 2.24) is 15.1 Å². The first-order valence-corrected chi connectivity index (χ1v) is 4.99. The van der Waals surface area contributed by atoms with Crippen LogP contribution in [-0.4, -0.2) is 22.4 Å². The van der Waals surface area contributed by atoms with Crippen LogP contribution in [-0.2, 0) is 6.54 Å². The number of nitrogens with one attached hydrogen (secondary N) is 1. The predicted octanol–water partition coefficient (Wildman–Crippen LogP) is 0.631. The van der Waals surface area contributed by atoms with Crippen molar-refractivity contribution in [2.24, 2.45) is 0 Å². The van der Waals surface area contributed by atoms with E-state index in [1.165, 1.54) is 10.7 Å². The molecule has 0 spiro atoms. The maximum Gasteiger partial charge on any atom is 0.266 e. The summed E-state index contributed by atoms with van der Waals surface area (Å²) in [5.41, 5.74) is -0.0438. The first kappa shape index (κ1) is 10.9. The second kappa shape index (κ2) is 5.54. The minimum absolute atomic E-state index is 0.0438. The fraction of sp³-hybridized carbons (Fsp3) is 0.600. The highest BCUT2D eigenvalue weighted by Crippen LogP contribution is 1.86. The summed E-state index contributed by atoms with van der Waals surface area (Å²) in [4.78, 5) is 11.3. The molecule has 78 valence electrons. The Balaban J connectivity index is 2.52. The number of aromatic nitrogens is 2. The summed E-state index contributed by atoms with van der Waals surface area (Å²) in [6, 6.07) is 3.46. The summed E-state index contributed by atoms with van der Waals surface area (Å²) in [5, 5.41) is 7.30. The van der Waals surface area contributed by atoms with Gasteiger partial charge >= 0.3 is 0 Å². The van der Waals surface area contributed by atoms with Crippen LogP contribution in [0.25, 0.3) is 0 Å². The van der Waals surface area contributed by atoms with Crippen LogP contribution >= 0.6 is 0 Å². The van der Waals surface area contributed by atoms with Crippen LogP contribution in [0.3, 0.4) is 0 Å². The zero-order valence-electron chi connectivity index (χ0n) is 8.73. The van der Waals surface area contributed by atoms with Crippen molar-refractivity contribution in [3.8, 4) is 0 Å². The van der Waals surface area contributed by atoms with Gasteiger partial charge in [-0.05, 0) is 26.0 Å².